The van der Waals surface area contributed by atoms with Gasteiger partial charge in [0.15, 0.2) is 5.76 Å². The fraction of sp³-hybridized carbons (Fsp3) is 0.438. The molecule has 0 unspecified atom stereocenters. The number of benzene rings is 2. The minimum absolute atomic E-state index is 0.0109. The van der Waals surface area contributed by atoms with E-state index in [0.717, 1.165) is 42.5 Å². The number of ketones is 1. The molecule has 0 spiro atoms. The van der Waals surface area contributed by atoms with Gasteiger partial charge in [-0.3, -0.25) is 4.79 Å². The van der Waals surface area contributed by atoms with Gasteiger partial charge in [-0.25, -0.2) is 4.98 Å². The van der Waals surface area contributed by atoms with E-state index in [2.05, 4.69) is 24.1 Å². The van der Waals surface area contributed by atoms with Crippen molar-refractivity contribution < 1.29 is 9.21 Å². The highest BCUT2D eigenvalue weighted by atomic mass is 16.4. The molecule has 0 fully saturated rings. The largest absolute Gasteiger partial charge is 0.433 e. The van der Waals surface area contributed by atoms with Crippen molar-refractivity contribution in [2.24, 2.45) is 0 Å². The van der Waals surface area contributed by atoms with Gasteiger partial charge in [-0.1, -0.05) is 125 Å². The smallest absolute Gasteiger partial charge is 0.264 e. The third kappa shape index (κ3) is 9.32. The van der Waals surface area contributed by atoms with E-state index in [1.165, 1.54) is 51.4 Å². The third-order valence-corrected chi connectivity index (χ3v) is 6.36. The van der Waals surface area contributed by atoms with Crippen molar-refractivity contribution in [3.05, 3.63) is 78.7 Å². The second-order valence-electron chi connectivity index (χ2n) is 9.33. The van der Waals surface area contributed by atoms with Gasteiger partial charge in [0.25, 0.3) is 5.89 Å². The third-order valence-electron chi connectivity index (χ3n) is 6.36. The molecule has 1 heterocycles. The lowest BCUT2D eigenvalue weighted by atomic mass is 10.1. The number of Topliss-reactive ketones (excluding diaryl/α,β-unsaturated/α-hetero) is 1. The number of hydrogen-bond donors (Lipinski definition) is 0. The summed E-state index contributed by atoms with van der Waals surface area (Å²) in [6.45, 7) is 2.26. The molecular weight excluding hydrogens is 430 g/mol. The van der Waals surface area contributed by atoms with Gasteiger partial charge in [0.05, 0.1) is 0 Å². The maximum absolute atomic E-state index is 12.8. The summed E-state index contributed by atoms with van der Waals surface area (Å²) in [6, 6.07) is 19.8. The molecule has 0 aliphatic heterocycles. The number of unbranched alkanes of at least 4 members (excludes halogenated alkanes) is 10. The number of hydrogen-bond acceptors (Lipinski definition) is 3. The zero-order valence-electron chi connectivity index (χ0n) is 21.4. The van der Waals surface area contributed by atoms with Gasteiger partial charge in [0.2, 0.25) is 5.78 Å². The van der Waals surface area contributed by atoms with Gasteiger partial charge >= 0.3 is 0 Å². The van der Waals surface area contributed by atoms with E-state index in [-0.39, 0.29) is 11.7 Å². The maximum atomic E-state index is 12.8. The first-order valence-corrected chi connectivity index (χ1v) is 13.6. The van der Waals surface area contributed by atoms with Crippen LogP contribution in [0.3, 0.4) is 0 Å². The first-order chi connectivity index (χ1) is 17.3. The quantitative estimate of drug-likeness (QED) is 0.112. The van der Waals surface area contributed by atoms with Gasteiger partial charge in [0.1, 0.15) is 5.69 Å². The van der Waals surface area contributed by atoms with Crippen molar-refractivity contribution in [2.45, 2.75) is 90.4 Å². The summed E-state index contributed by atoms with van der Waals surface area (Å²) in [5, 5.41) is 0. The van der Waals surface area contributed by atoms with Gasteiger partial charge in [-0.2, -0.15) is 0 Å². The molecule has 1 aromatic heterocycles. The Kier molecular flexibility index (Phi) is 12.1. The summed E-state index contributed by atoms with van der Waals surface area (Å²) >= 11 is 0. The van der Waals surface area contributed by atoms with Crippen molar-refractivity contribution in [1.82, 2.24) is 4.98 Å². The molecule has 0 atom stereocenters. The van der Waals surface area contributed by atoms with Crippen molar-refractivity contribution in [3.8, 4) is 22.6 Å². The molecule has 3 aromatic rings. The normalized spacial score (nSPS) is 11.3. The van der Waals surface area contributed by atoms with Crippen LogP contribution in [0.25, 0.3) is 22.6 Å². The number of rotatable bonds is 17. The Balaban J connectivity index is 1.39. The molecule has 3 nitrogen and oxygen atoms in total. The van der Waals surface area contributed by atoms with Crippen molar-refractivity contribution in [1.29, 1.82) is 0 Å². The average molecular weight is 472 g/mol. The minimum atomic E-state index is -0.0109. The number of carbonyl (C=O) groups excluding carboxylic acids is 1. The summed E-state index contributed by atoms with van der Waals surface area (Å²) in [7, 11) is 0. The highest BCUT2D eigenvalue weighted by Gasteiger charge is 2.20. The molecule has 0 bridgehead atoms. The molecule has 0 N–H and O–H groups in total. The van der Waals surface area contributed by atoms with E-state index in [9.17, 15) is 4.79 Å². The van der Waals surface area contributed by atoms with E-state index >= 15 is 0 Å². The molecule has 0 radical (unpaired) electrons. The fourth-order valence-electron chi connectivity index (χ4n) is 4.30. The lowest BCUT2D eigenvalue weighted by Crippen LogP contribution is -1.99. The maximum Gasteiger partial charge on any atom is 0.264 e. The standard InChI is InChI=1S/C32H41NO2/c1-2-3-4-5-6-7-8-9-10-11-12-13-14-21-26-29(34)32-33-30(27-22-17-15-18-23-27)31(35-32)28-24-19-16-20-25-28/h9-10,15-20,22-25H,2-8,11-14,21,26H2,1H3/b10-9-. The van der Waals surface area contributed by atoms with Gasteiger partial charge in [0, 0.05) is 17.5 Å². The highest BCUT2D eigenvalue weighted by Crippen LogP contribution is 2.33. The first kappa shape index (κ1) is 26.7. The topological polar surface area (TPSA) is 43.1 Å². The number of allylic oxidation sites excluding steroid dienone is 2. The van der Waals surface area contributed by atoms with Crippen LogP contribution in [0, 0.1) is 0 Å². The molecular formula is C32H41NO2. The van der Waals surface area contributed by atoms with Crippen LogP contribution in [0.1, 0.15) is 101 Å². The monoisotopic (exact) mass is 471 g/mol. The van der Waals surface area contributed by atoms with Crippen LogP contribution in [-0.4, -0.2) is 10.8 Å². The summed E-state index contributed by atoms with van der Waals surface area (Å²) in [6.07, 6.45) is 20.0. The Morgan fingerprint density at radius 2 is 1.26 bits per heavy atom. The molecule has 0 saturated heterocycles. The lowest BCUT2D eigenvalue weighted by Gasteiger charge is -2.00. The summed E-state index contributed by atoms with van der Waals surface area (Å²) < 4.78 is 6.02. The Morgan fingerprint density at radius 3 is 1.89 bits per heavy atom. The Bertz CT molecular complexity index is 948. The summed E-state index contributed by atoms with van der Waals surface area (Å²) in [4.78, 5) is 17.4. The molecule has 0 aliphatic rings. The molecule has 0 saturated carbocycles. The van der Waals surface area contributed by atoms with Crippen LogP contribution >= 0.6 is 0 Å². The van der Waals surface area contributed by atoms with Crippen LogP contribution in [-0.2, 0) is 0 Å². The first-order valence-electron chi connectivity index (χ1n) is 13.6. The van der Waals surface area contributed by atoms with Crippen molar-refractivity contribution in [3.63, 3.8) is 0 Å². The van der Waals surface area contributed by atoms with E-state index in [1.54, 1.807) is 0 Å². The minimum Gasteiger partial charge on any atom is -0.433 e. The Hall–Kier alpha value is -2.94. The lowest BCUT2D eigenvalue weighted by molar-refractivity contribution is 0.0946. The van der Waals surface area contributed by atoms with Gasteiger partial charge in [-0.15, -0.1) is 0 Å². The number of nitrogens with zero attached hydrogens (tertiary/aromatic N) is 1. The molecule has 2 aromatic carbocycles. The Labute approximate surface area is 211 Å². The molecule has 186 valence electrons. The predicted octanol–water partition coefficient (Wildman–Crippen LogP) is 9.84. The van der Waals surface area contributed by atoms with Crippen molar-refractivity contribution in [2.75, 3.05) is 0 Å². The second kappa shape index (κ2) is 15.9. The van der Waals surface area contributed by atoms with E-state index in [1.807, 2.05) is 60.7 Å². The predicted molar refractivity (Wildman–Crippen MR) is 147 cm³/mol. The summed E-state index contributed by atoms with van der Waals surface area (Å²) in [5.74, 6) is 0.872. The number of carbonyl (C=O) groups is 1. The zero-order valence-corrected chi connectivity index (χ0v) is 21.4. The molecule has 3 heteroatoms. The van der Waals surface area contributed by atoms with Gasteiger partial charge < -0.3 is 4.42 Å². The number of oxazole rings is 1. The number of aromatic nitrogens is 1. The summed E-state index contributed by atoms with van der Waals surface area (Å²) in [5.41, 5.74) is 2.62. The van der Waals surface area contributed by atoms with Crippen molar-refractivity contribution >= 4 is 5.78 Å². The fourth-order valence-corrected chi connectivity index (χ4v) is 4.30. The highest BCUT2D eigenvalue weighted by molar-refractivity contribution is 5.93. The van der Waals surface area contributed by atoms with E-state index < -0.39 is 0 Å². The molecule has 3 rings (SSSR count). The van der Waals surface area contributed by atoms with Crippen LogP contribution in [0.4, 0.5) is 0 Å². The van der Waals surface area contributed by atoms with Crippen LogP contribution in [0.2, 0.25) is 0 Å². The van der Waals surface area contributed by atoms with Crippen LogP contribution < -0.4 is 0 Å². The second-order valence-corrected chi connectivity index (χ2v) is 9.33. The zero-order chi connectivity index (χ0) is 24.6. The van der Waals surface area contributed by atoms with Crippen LogP contribution in [0.5, 0.6) is 0 Å². The Morgan fingerprint density at radius 1 is 0.714 bits per heavy atom. The molecule has 35 heavy (non-hydrogen) atoms. The van der Waals surface area contributed by atoms with E-state index in [4.69, 9.17) is 4.42 Å². The SMILES string of the molecule is CCCCCCCC/C=C\CCCCCCC(=O)c1nc(-c2ccccc2)c(-c2ccccc2)o1. The average Bonchev–Trinajstić information content (AvgIpc) is 3.36. The molecule has 0 aliphatic carbocycles. The van der Waals surface area contributed by atoms with E-state index in [0.29, 0.717) is 12.2 Å². The molecule has 0 amide bonds. The van der Waals surface area contributed by atoms with Crippen LogP contribution in [0.15, 0.2) is 77.2 Å². The van der Waals surface area contributed by atoms with Gasteiger partial charge in [-0.05, 0) is 32.1 Å².